The number of rotatable bonds is 15. The van der Waals surface area contributed by atoms with E-state index in [1.807, 2.05) is 0 Å². The van der Waals surface area contributed by atoms with Crippen LogP contribution < -0.4 is 0 Å². The molecule has 0 bridgehead atoms. The van der Waals surface area contributed by atoms with Gasteiger partial charge in [0.2, 0.25) is 0 Å². The molecule has 0 saturated heterocycles. The molecule has 0 fully saturated rings. The molecule has 24 heavy (non-hydrogen) atoms. The second kappa shape index (κ2) is 13.4. The van der Waals surface area contributed by atoms with Crippen LogP contribution in [0.4, 0.5) is 0 Å². The average Bonchev–Trinajstić information content (AvgIpc) is 2.46. The van der Waals surface area contributed by atoms with Crippen LogP contribution in [0.3, 0.4) is 0 Å². The molecule has 0 rings (SSSR count). The third kappa shape index (κ3) is 12.5. The molecule has 0 saturated carbocycles. The summed E-state index contributed by atoms with van der Waals surface area (Å²) >= 11 is 0. The van der Waals surface area contributed by atoms with Crippen LogP contribution >= 0.6 is 0 Å². The van der Waals surface area contributed by atoms with Crippen LogP contribution in [0.2, 0.25) is 18.1 Å². The molecule has 146 valence electrons. The topological polar surface area (TPSA) is 9.23 Å². The zero-order valence-corrected chi connectivity index (χ0v) is 19.2. The van der Waals surface area contributed by atoms with E-state index < -0.39 is 8.32 Å². The van der Waals surface area contributed by atoms with Crippen LogP contribution in [0.25, 0.3) is 0 Å². The molecule has 0 aliphatic heterocycles. The largest absolute Gasteiger partial charge is 0.414 e. The molecule has 0 aromatic rings. The zero-order chi connectivity index (χ0) is 18.5. The minimum atomic E-state index is -1.57. The molecule has 0 aliphatic rings. The second-order valence-corrected chi connectivity index (χ2v) is 14.1. The number of hydrogen-bond donors (Lipinski definition) is 0. The Morgan fingerprint density at radius 3 is 1.46 bits per heavy atom. The Kier molecular flexibility index (Phi) is 13.5. The predicted octanol–water partition coefficient (Wildman–Crippen LogP) is 8.49. The first-order chi connectivity index (χ1) is 11.2. The molecule has 0 amide bonds. The highest BCUT2D eigenvalue weighted by Crippen LogP contribution is 2.37. The molecule has 0 heterocycles. The summed E-state index contributed by atoms with van der Waals surface area (Å²) in [7, 11) is -1.57. The SMILES string of the molecule is CCCCCCCCCCCCCCC(C)O[Si](C)(C)C(C)(C)C. The normalized spacial score (nSPS) is 14.1. The maximum atomic E-state index is 6.44. The molecule has 0 radical (unpaired) electrons. The van der Waals surface area contributed by atoms with E-state index in [-0.39, 0.29) is 0 Å². The summed E-state index contributed by atoms with van der Waals surface area (Å²) in [6.07, 6.45) is 18.8. The molecule has 0 aromatic carbocycles. The lowest BCUT2D eigenvalue weighted by molar-refractivity contribution is 0.185. The van der Waals surface area contributed by atoms with Crippen molar-refractivity contribution in [1.82, 2.24) is 0 Å². The third-order valence-corrected chi connectivity index (χ3v) is 10.4. The van der Waals surface area contributed by atoms with E-state index in [1.165, 1.54) is 83.5 Å². The van der Waals surface area contributed by atoms with E-state index in [9.17, 15) is 0 Å². The molecule has 0 aliphatic carbocycles. The standard InChI is InChI=1S/C22H48OSi/c1-8-9-10-11-12-13-14-15-16-17-18-19-20-21(2)23-24(6,7)22(3,4)5/h21H,8-20H2,1-7H3. The van der Waals surface area contributed by atoms with Crippen molar-refractivity contribution >= 4 is 8.32 Å². The summed E-state index contributed by atoms with van der Waals surface area (Å²) in [6.45, 7) is 16.3. The van der Waals surface area contributed by atoms with Gasteiger partial charge in [-0.05, 0) is 31.5 Å². The van der Waals surface area contributed by atoms with Gasteiger partial charge in [0.05, 0.1) is 0 Å². The smallest absolute Gasteiger partial charge is 0.192 e. The fourth-order valence-corrected chi connectivity index (χ4v) is 4.49. The van der Waals surface area contributed by atoms with Crippen molar-refractivity contribution in [3.63, 3.8) is 0 Å². The Hall–Kier alpha value is 0.177. The fourth-order valence-electron chi connectivity index (χ4n) is 3.01. The highest BCUT2D eigenvalue weighted by molar-refractivity contribution is 6.74. The minimum absolute atomic E-state index is 0.331. The summed E-state index contributed by atoms with van der Waals surface area (Å²) in [5.41, 5.74) is 0. The number of hydrogen-bond acceptors (Lipinski definition) is 1. The van der Waals surface area contributed by atoms with Gasteiger partial charge < -0.3 is 4.43 Å². The van der Waals surface area contributed by atoms with Crippen LogP contribution in [0, 0.1) is 0 Å². The van der Waals surface area contributed by atoms with Crippen molar-refractivity contribution < 1.29 is 4.43 Å². The molecule has 0 spiro atoms. The second-order valence-electron chi connectivity index (χ2n) is 9.37. The van der Waals surface area contributed by atoms with Gasteiger partial charge in [-0.1, -0.05) is 105 Å². The molecule has 0 N–H and O–H groups in total. The molecular formula is C22H48OSi. The molecule has 1 atom stereocenters. The van der Waals surface area contributed by atoms with Crippen LogP contribution in [0.1, 0.15) is 118 Å². The maximum Gasteiger partial charge on any atom is 0.192 e. The van der Waals surface area contributed by atoms with Gasteiger partial charge in [0, 0.05) is 6.10 Å². The van der Waals surface area contributed by atoms with E-state index in [1.54, 1.807) is 0 Å². The summed E-state index contributed by atoms with van der Waals surface area (Å²) in [4.78, 5) is 0. The minimum Gasteiger partial charge on any atom is -0.414 e. The van der Waals surface area contributed by atoms with Crippen molar-refractivity contribution in [3.05, 3.63) is 0 Å². The van der Waals surface area contributed by atoms with Crippen LogP contribution in [-0.4, -0.2) is 14.4 Å². The summed E-state index contributed by atoms with van der Waals surface area (Å²) in [5.74, 6) is 0. The monoisotopic (exact) mass is 356 g/mol. The Balaban J connectivity index is 3.44. The average molecular weight is 357 g/mol. The van der Waals surface area contributed by atoms with Crippen LogP contribution in [0.5, 0.6) is 0 Å². The predicted molar refractivity (Wildman–Crippen MR) is 113 cm³/mol. The van der Waals surface area contributed by atoms with Crippen molar-refractivity contribution in [2.75, 3.05) is 0 Å². The molecule has 2 heteroatoms. The van der Waals surface area contributed by atoms with E-state index >= 15 is 0 Å². The van der Waals surface area contributed by atoms with Crippen LogP contribution in [0.15, 0.2) is 0 Å². The van der Waals surface area contributed by atoms with Crippen molar-refractivity contribution in [3.8, 4) is 0 Å². The molecule has 1 nitrogen and oxygen atoms in total. The Morgan fingerprint density at radius 1 is 0.708 bits per heavy atom. The highest BCUT2D eigenvalue weighted by atomic mass is 28.4. The van der Waals surface area contributed by atoms with E-state index in [0.29, 0.717) is 11.1 Å². The van der Waals surface area contributed by atoms with Gasteiger partial charge in [0.15, 0.2) is 8.32 Å². The third-order valence-electron chi connectivity index (χ3n) is 5.77. The van der Waals surface area contributed by atoms with E-state index in [4.69, 9.17) is 4.43 Å². The Labute approximate surface area is 155 Å². The lowest BCUT2D eigenvalue weighted by atomic mass is 10.0. The number of unbranched alkanes of at least 4 members (excludes halogenated alkanes) is 11. The lowest BCUT2D eigenvalue weighted by Gasteiger charge is -2.38. The van der Waals surface area contributed by atoms with Crippen molar-refractivity contribution in [2.45, 2.75) is 142 Å². The van der Waals surface area contributed by atoms with E-state index in [0.717, 1.165) is 0 Å². The van der Waals surface area contributed by atoms with Gasteiger partial charge in [0.1, 0.15) is 0 Å². The Bertz CT molecular complexity index is 280. The summed E-state index contributed by atoms with van der Waals surface area (Å²) in [6, 6.07) is 0. The summed E-state index contributed by atoms with van der Waals surface area (Å²) in [5, 5.41) is 0.331. The quantitative estimate of drug-likeness (QED) is 0.211. The highest BCUT2D eigenvalue weighted by Gasteiger charge is 2.38. The molecular weight excluding hydrogens is 308 g/mol. The van der Waals surface area contributed by atoms with Gasteiger partial charge >= 0.3 is 0 Å². The Morgan fingerprint density at radius 2 is 1.08 bits per heavy atom. The molecule has 0 aromatic heterocycles. The van der Waals surface area contributed by atoms with E-state index in [2.05, 4.69) is 47.7 Å². The van der Waals surface area contributed by atoms with Crippen molar-refractivity contribution in [1.29, 1.82) is 0 Å². The molecule has 1 unspecified atom stereocenters. The van der Waals surface area contributed by atoms with Gasteiger partial charge in [-0.25, -0.2) is 0 Å². The lowest BCUT2D eigenvalue weighted by Crippen LogP contribution is -2.43. The van der Waals surface area contributed by atoms with Gasteiger partial charge in [0.25, 0.3) is 0 Å². The first kappa shape index (κ1) is 24.2. The van der Waals surface area contributed by atoms with Crippen molar-refractivity contribution in [2.24, 2.45) is 0 Å². The van der Waals surface area contributed by atoms with Gasteiger partial charge in [-0.15, -0.1) is 0 Å². The maximum absolute atomic E-state index is 6.44. The van der Waals surface area contributed by atoms with Gasteiger partial charge in [-0.2, -0.15) is 0 Å². The fraction of sp³-hybridized carbons (Fsp3) is 1.00. The van der Waals surface area contributed by atoms with Gasteiger partial charge in [-0.3, -0.25) is 0 Å². The summed E-state index contributed by atoms with van der Waals surface area (Å²) < 4.78 is 6.44. The first-order valence-electron chi connectivity index (χ1n) is 10.9. The first-order valence-corrected chi connectivity index (χ1v) is 13.8. The zero-order valence-electron chi connectivity index (χ0n) is 18.2. The van der Waals surface area contributed by atoms with Crippen LogP contribution in [-0.2, 0) is 4.43 Å².